The van der Waals surface area contributed by atoms with Gasteiger partial charge in [-0.3, -0.25) is 13.9 Å². The molecule has 3 aromatic carbocycles. The molecular formula is C29H33Cl2N3O4S. The van der Waals surface area contributed by atoms with Crippen molar-refractivity contribution in [2.45, 2.75) is 45.8 Å². The van der Waals surface area contributed by atoms with Crippen LogP contribution in [0, 0.1) is 6.92 Å². The fraction of sp³-hybridized carbons (Fsp3) is 0.310. The third-order valence-electron chi connectivity index (χ3n) is 6.03. The van der Waals surface area contributed by atoms with Crippen LogP contribution in [0.15, 0.2) is 72.8 Å². The van der Waals surface area contributed by atoms with E-state index in [1.54, 1.807) is 0 Å². The lowest BCUT2D eigenvalue weighted by atomic mass is 10.0. The standard InChI is InChI=1S/C29H33Cl2N3O4S/c1-20(2)32-29(36)27(16-22-8-6-5-7-9-22)33(18-23-12-10-21(3)11-13-23)28(35)19-34(39(4,37)38)26-15-14-24(30)17-25(26)31/h5-15,17,20,27H,16,18-19H2,1-4H3,(H,32,36). The average molecular weight is 591 g/mol. The van der Waals surface area contributed by atoms with Crippen LogP contribution in [0.5, 0.6) is 0 Å². The molecule has 0 aliphatic heterocycles. The summed E-state index contributed by atoms with van der Waals surface area (Å²) in [5.41, 5.74) is 2.85. The number of rotatable bonds is 11. The Bertz CT molecular complexity index is 1400. The molecule has 7 nitrogen and oxygen atoms in total. The summed E-state index contributed by atoms with van der Waals surface area (Å²) in [5, 5.41) is 3.34. The van der Waals surface area contributed by atoms with Gasteiger partial charge in [0.15, 0.2) is 0 Å². The van der Waals surface area contributed by atoms with Gasteiger partial charge in [-0.25, -0.2) is 8.42 Å². The number of amides is 2. The maximum absolute atomic E-state index is 14.0. The average Bonchev–Trinajstić information content (AvgIpc) is 2.85. The van der Waals surface area contributed by atoms with E-state index in [4.69, 9.17) is 23.2 Å². The van der Waals surface area contributed by atoms with Crippen molar-refractivity contribution in [1.29, 1.82) is 0 Å². The van der Waals surface area contributed by atoms with Gasteiger partial charge in [0.1, 0.15) is 12.6 Å². The van der Waals surface area contributed by atoms with Crippen molar-refractivity contribution in [2.75, 3.05) is 17.1 Å². The normalized spacial score (nSPS) is 12.2. The van der Waals surface area contributed by atoms with Crippen molar-refractivity contribution in [3.8, 4) is 0 Å². The molecule has 0 aromatic heterocycles. The summed E-state index contributed by atoms with van der Waals surface area (Å²) >= 11 is 12.4. The highest BCUT2D eigenvalue weighted by Gasteiger charge is 2.33. The number of aryl methyl sites for hydroxylation is 1. The van der Waals surface area contributed by atoms with Crippen molar-refractivity contribution in [1.82, 2.24) is 10.2 Å². The molecule has 1 N–H and O–H groups in total. The maximum Gasteiger partial charge on any atom is 0.244 e. The number of benzene rings is 3. The van der Waals surface area contributed by atoms with Gasteiger partial charge in [-0.1, -0.05) is 83.4 Å². The Morgan fingerprint density at radius 3 is 2.13 bits per heavy atom. The molecule has 2 amide bonds. The second-order valence-electron chi connectivity index (χ2n) is 9.74. The van der Waals surface area contributed by atoms with Crippen LogP contribution in [0.3, 0.4) is 0 Å². The number of carbonyl (C=O) groups excluding carboxylic acids is 2. The molecule has 1 atom stereocenters. The molecule has 0 saturated carbocycles. The second-order valence-corrected chi connectivity index (χ2v) is 12.5. The van der Waals surface area contributed by atoms with Gasteiger partial charge in [-0.15, -0.1) is 0 Å². The van der Waals surface area contributed by atoms with Gasteiger partial charge in [-0.2, -0.15) is 0 Å². The van der Waals surface area contributed by atoms with Crippen molar-refractivity contribution in [3.05, 3.63) is 99.5 Å². The topological polar surface area (TPSA) is 86.8 Å². The fourth-order valence-electron chi connectivity index (χ4n) is 4.10. The highest BCUT2D eigenvalue weighted by molar-refractivity contribution is 7.92. The van der Waals surface area contributed by atoms with Crippen molar-refractivity contribution in [2.24, 2.45) is 0 Å². The molecular weight excluding hydrogens is 557 g/mol. The van der Waals surface area contributed by atoms with Gasteiger partial charge >= 0.3 is 0 Å². The van der Waals surface area contributed by atoms with Gasteiger partial charge in [-0.05, 0) is 50.1 Å². The Morgan fingerprint density at radius 1 is 0.923 bits per heavy atom. The van der Waals surface area contributed by atoms with Crippen LogP contribution >= 0.6 is 23.2 Å². The monoisotopic (exact) mass is 589 g/mol. The number of anilines is 1. The fourth-order valence-corrected chi connectivity index (χ4v) is 5.53. The Kier molecular flexibility index (Phi) is 10.4. The zero-order valence-electron chi connectivity index (χ0n) is 22.4. The summed E-state index contributed by atoms with van der Waals surface area (Å²) in [4.78, 5) is 29.0. The minimum atomic E-state index is -3.93. The van der Waals surface area contributed by atoms with Crippen molar-refractivity contribution >= 4 is 50.7 Å². The first-order valence-corrected chi connectivity index (χ1v) is 15.1. The zero-order valence-corrected chi connectivity index (χ0v) is 24.7. The van der Waals surface area contributed by atoms with E-state index in [0.29, 0.717) is 5.02 Å². The molecule has 0 radical (unpaired) electrons. The van der Waals surface area contributed by atoms with Gasteiger partial charge in [0, 0.05) is 24.0 Å². The summed E-state index contributed by atoms with van der Waals surface area (Å²) in [6, 6.07) is 20.3. The van der Waals surface area contributed by atoms with E-state index < -0.39 is 28.5 Å². The second kappa shape index (κ2) is 13.3. The first kappa shape index (κ1) is 30.5. The SMILES string of the molecule is Cc1ccc(CN(C(=O)CN(c2ccc(Cl)cc2Cl)S(C)(=O)=O)C(Cc2ccccc2)C(=O)NC(C)C)cc1. The van der Waals surface area contributed by atoms with Crippen LogP contribution in [0.4, 0.5) is 5.69 Å². The van der Waals surface area contributed by atoms with Gasteiger partial charge < -0.3 is 10.2 Å². The molecule has 3 rings (SSSR count). The predicted molar refractivity (Wildman–Crippen MR) is 158 cm³/mol. The summed E-state index contributed by atoms with van der Waals surface area (Å²) in [5.74, 6) is -0.878. The molecule has 0 saturated heterocycles. The van der Waals surface area contributed by atoms with Crippen molar-refractivity contribution < 1.29 is 18.0 Å². The summed E-state index contributed by atoms with van der Waals surface area (Å²) in [6.07, 6.45) is 1.25. The maximum atomic E-state index is 14.0. The Morgan fingerprint density at radius 2 is 1.56 bits per heavy atom. The number of nitrogens with one attached hydrogen (secondary N) is 1. The first-order chi connectivity index (χ1) is 18.3. The summed E-state index contributed by atoms with van der Waals surface area (Å²) in [6.45, 7) is 5.20. The smallest absolute Gasteiger partial charge is 0.244 e. The number of carbonyl (C=O) groups is 2. The minimum Gasteiger partial charge on any atom is -0.352 e. The quantitative estimate of drug-likeness (QED) is 0.331. The zero-order chi connectivity index (χ0) is 28.7. The largest absolute Gasteiger partial charge is 0.352 e. The number of sulfonamides is 1. The molecule has 0 fully saturated rings. The number of nitrogens with zero attached hydrogens (tertiary/aromatic N) is 2. The number of hydrogen-bond donors (Lipinski definition) is 1. The van der Waals surface area contributed by atoms with Crippen LogP contribution in [0.25, 0.3) is 0 Å². The predicted octanol–water partition coefficient (Wildman–Crippen LogP) is 5.23. The van der Waals surface area contributed by atoms with E-state index in [1.165, 1.54) is 23.1 Å². The van der Waals surface area contributed by atoms with Crippen LogP contribution in [-0.2, 0) is 32.6 Å². The molecule has 208 valence electrons. The summed E-state index contributed by atoms with van der Waals surface area (Å²) in [7, 11) is -3.93. The summed E-state index contributed by atoms with van der Waals surface area (Å²) < 4.78 is 26.6. The third kappa shape index (κ3) is 8.71. The van der Waals surface area contributed by atoms with Crippen LogP contribution in [0.2, 0.25) is 10.0 Å². The van der Waals surface area contributed by atoms with Crippen LogP contribution in [-0.4, -0.2) is 50.0 Å². The van der Waals surface area contributed by atoms with E-state index >= 15 is 0 Å². The molecule has 0 heterocycles. The number of halogens is 2. The first-order valence-electron chi connectivity index (χ1n) is 12.5. The molecule has 3 aromatic rings. The molecule has 0 spiro atoms. The van der Waals surface area contributed by atoms with Crippen LogP contribution in [0.1, 0.15) is 30.5 Å². The highest BCUT2D eigenvalue weighted by Crippen LogP contribution is 2.30. The van der Waals surface area contributed by atoms with E-state index in [2.05, 4.69) is 5.32 Å². The molecule has 0 aliphatic carbocycles. The highest BCUT2D eigenvalue weighted by atomic mass is 35.5. The van der Waals surface area contributed by atoms with Crippen molar-refractivity contribution in [3.63, 3.8) is 0 Å². The molecule has 39 heavy (non-hydrogen) atoms. The molecule has 0 bridgehead atoms. The van der Waals surface area contributed by atoms with E-state index in [1.807, 2.05) is 75.4 Å². The lowest BCUT2D eigenvalue weighted by Crippen LogP contribution is -2.54. The van der Waals surface area contributed by atoms with E-state index in [0.717, 1.165) is 27.3 Å². The molecule has 10 heteroatoms. The van der Waals surface area contributed by atoms with Gasteiger partial charge in [0.25, 0.3) is 0 Å². The Balaban J connectivity index is 2.07. The lowest BCUT2D eigenvalue weighted by Gasteiger charge is -2.34. The lowest BCUT2D eigenvalue weighted by molar-refractivity contribution is -0.140. The number of hydrogen-bond acceptors (Lipinski definition) is 4. The van der Waals surface area contributed by atoms with E-state index in [9.17, 15) is 18.0 Å². The Hall–Kier alpha value is -3.07. The van der Waals surface area contributed by atoms with Gasteiger partial charge in [0.05, 0.1) is 17.0 Å². The van der Waals surface area contributed by atoms with Crippen LogP contribution < -0.4 is 9.62 Å². The minimum absolute atomic E-state index is 0.0872. The van der Waals surface area contributed by atoms with Gasteiger partial charge in [0.2, 0.25) is 21.8 Å². The van der Waals surface area contributed by atoms with E-state index in [-0.39, 0.29) is 35.6 Å². The molecule has 0 aliphatic rings. The molecule has 1 unspecified atom stereocenters. The third-order valence-corrected chi connectivity index (χ3v) is 7.70. The Labute approximate surface area is 240 Å².